The summed E-state index contributed by atoms with van der Waals surface area (Å²) >= 11 is 0. The van der Waals surface area contributed by atoms with E-state index in [1.165, 1.54) is 4.31 Å². The first kappa shape index (κ1) is 21.5. The molecule has 2 amide bonds. The van der Waals surface area contributed by atoms with Crippen molar-refractivity contribution in [2.24, 2.45) is 5.92 Å². The second-order valence-electron chi connectivity index (χ2n) is 8.15. The Labute approximate surface area is 182 Å². The van der Waals surface area contributed by atoms with Crippen LogP contribution in [0.4, 0.5) is 11.4 Å². The molecule has 31 heavy (non-hydrogen) atoms. The molecule has 1 aliphatic heterocycles. The highest BCUT2D eigenvalue weighted by atomic mass is 32.2. The second kappa shape index (κ2) is 9.20. The van der Waals surface area contributed by atoms with Gasteiger partial charge in [-0.2, -0.15) is 4.31 Å². The fraction of sp³-hybridized carbons (Fsp3) is 0.391. The van der Waals surface area contributed by atoms with Gasteiger partial charge in [0, 0.05) is 36.8 Å². The zero-order valence-electron chi connectivity index (χ0n) is 17.3. The highest BCUT2D eigenvalue weighted by Gasteiger charge is 2.29. The monoisotopic (exact) mass is 441 g/mol. The fourth-order valence-corrected chi connectivity index (χ4v) is 5.17. The maximum Gasteiger partial charge on any atom is 0.243 e. The molecule has 0 atom stereocenters. The van der Waals surface area contributed by atoms with E-state index in [1.54, 1.807) is 48.5 Å². The quantitative estimate of drug-likeness (QED) is 0.656. The van der Waals surface area contributed by atoms with Gasteiger partial charge in [0.05, 0.1) is 4.90 Å². The number of carbonyl (C=O) groups excluding carboxylic acids is 2. The first-order valence-corrected chi connectivity index (χ1v) is 12.2. The third-order valence-corrected chi connectivity index (χ3v) is 7.54. The predicted octanol–water partition coefficient (Wildman–Crippen LogP) is 3.39. The minimum atomic E-state index is -3.42. The molecule has 4 rings (SSSR count). The van der Waals surface area contributed by atoms with E-state index < -0.39 is 10.0 Å². The topological polar surface area (TPSA) is 95.6 Å². The van der Waals surface area contributed by atoms with Crippen molar-refractivity contribution in [1.29, 1.82) is 0 Å². The minimum absolute atomic E-state index is 0.0265. The molecule has 1 saturated heterocycles. The van der Waals surface area contributed by atoms with Gasteiger partial charge in [-0.25, -0.2) is 8.42 Å². The van der Waals surface area contributed by atoms with Crippen LogP contribution in [-0.4, -0.2) is 37.6 Å². The van der Waals surface area contributed by atoms with Crippen LogP contribution in [0.5, 0.6) is 0 Å². The van der Waals surface area contributed by atoms with E-state index in [0.29, 0.717) is 35.8 Å². The summed E-state index contributed by atoms with van der Waals surface area (Å²) in [6.07, 6.45) is 4.47. The molecule has 164 valence electrons. The van der Waals surface area contributed by atoms with Crippen LogP contribution in [0.2, 0.25) is 0 Å². The van der Waals surface area contributed by atoms with Crippen LogP contribution in [0.15, 0.2) is 53.4 Å². The van der Waals surface area contributed by atoms with Gasteiger partial charge >= 0.3 is 0 Å². The summed E-state index contributed by atoms with van der Waals surface area (Å²) in [6.45, 7) is 1.16. The summed E-state index contributed by atoms with van der Waals surface area (Å²) in [6, 6.07) is 13.9. The zero-order chi connectivity index (χ0) is 21.8. The van der Waals surface area contributed by atoms with Crippen molar-refractivity contribution in [2.75, 3.05) is 23.7 Å². The molecule has 1 heterocycles. The SMILES string of the molecule is O=C(CCc1ccc(S(=O)(=O)N2CCCC2)cc1)Nc1cccc(NC(=O)C2CC2)c1. The number of hydrogen-bond donors (Lipinski definition) is 2. The first-order chi connectivity index (χ1) is 14.9. The van der Waals surface area contributed by atoms with Gasteiger partial charge in [0.2, 0.25) is 21.8 Å². The Morgan fingerprint density at radius 2 is 1.58 bits per heavy atom. The Kier molecular flexibility index (Phi) is 6.38. The Hall–Kier alpha value is -2.71. The molecule has 8 heteroatoms. The van der Waals surface area contributed by atoms with Gasteiger partial charge in [-0.15, -0.1) is 0 Å². The molecule has 0 bridgehead atoms. The van der Waals surface area contributed by atoms with Crippen LogP contribution < -0.4 is 10.6 Å². The average Bonchev–Trinajstić information content (AvgIpc) is 3.46. The largest absolute Gasteiger partial charge is 0.326 e. The van der Waals surface area contributed by atoms with Gasteiger partial charge in [0.15, 0.2) is 0 Å². The van der Waals surface area contributed by atoms with Gasteiger partial charge in [-0.1, -0.05) is 18.2 Å². The summed E-state index contributed by atoms with van der Waals surface area (Å²) < 4.78 is 26.7. The maximum absolute atomic E-state index is 12.6. The molecule has 2 aliphatic rings. The van der Waals surface area contributed by atoms with Crippen LogP contribution in [-0.2, 0) is 26.0 Å². The molecule has 7 nitrogen and oxygen atoms in total. The van der Waals surface area contributed by atoms with Gasteiger partial charge in [0.25, 0.3) is 0 Å². The number of anilines is 2. The van der Waals surface area contributed by atoms with E-state index in [0.717, 1.165) is 31.2 Å². The molecule has 0 aromatic heterocycles. The molecule has 0 radical (unpaired) electrons. The minimum Gasteiger partial charge on any atom is -0.326 e. The highest BCUT2D eigenvalue weighted by Crippen LogP contribution is 2.30. The molecule has 1 saturated carbocycles. The van der Waals surface area contributed by atoms with Crippen molar-refractivity contribution in [3.8, 4) is 0 Å². The van der Waals surface area contributed by atoms with Gasteiger partial charge in [-0.05, 0) is 68.0 Å². The molecule has 1 aliphatic carbocycles. The van der Waals surface area contributed by atoms with Crippen LogP contribution >= 0.6 is 0 Å². The van der Waals surface area contributed by atoms with E-state index in [9.17, 15) is 18.0 Å². The van der Waals surface area contributed by atoms with Gasteiger partial charge < -0.3 is 10.6 Å². The van der Waals surface area contributed by atoms with Crippen LogP contribution in [0.1, 0.15) is 37.7 Å². The standard InChI is InChI=1S/C23H27N3O4S/c27-22(24-19-4-3-5-20(16-19)25-23(28)18-9-10-18)13-8-17-6-11-21(12-7-17)31(29,30)26-14-1-2-15-26/h3-7,11-12,16,18H,1-2,8-10,13-15H2,(H,24,27)(H,25,28). The van der Waals surface area contributed by atoms with E-state index >= 15 is 0 Å². The molecular weight excluding hydrogens is 414 g/mol. The number of rotatable bonds is 8. The number of hydrogen-bond acceptors (Lipinski definition) is 4. The summed E-state index contributed by atoms with van der Waals surface area (Å²) in [4.78, 5) is 24.5. The summed E-state index contributed by atoms with van der Waals surface area (Å²) in [5.74, 6) is 0.00748. The number of benzene rings is 2. The lowest BCUT2D eigenvalue weighted by molar-refractivity contribution is -0.117. The van der Waals surface area contributed by atoms with Crippen LogP contribution in [0.25, 0.3) is 0 Å². The maximum atomic E-state index is 12.6. The van der Waals surface area contributed by atoms with Crippen molar-refractivity contribution in [2.45, 2.75) is 43.4 Å². The summed E-state index contributed by atoms with van der Waals surface area (Å²) in [7, 11) is -3.42. The van der Waals surface area contributed by atoms with Crippen molar-refractivity contribution in [1.82, 2.24) is 4.31 Å². The average molecular weight is 442 g/mol. The predicted molar refractivity (Wildman–Crippen MR) is 119 cm³/mol. The summed E-state index contributed by atoms with van der Waals surface area (Å²) in [5, 5.41) is 5.72. The van der Waals surface area contributed by atoms with Crippen molar-refractivity contribution < 1.29 is 18.0 Å². The molecule has 0 spiro atoms. The molecule has 0 unspecified atom stereocenters. The normalized spacial score (nSPS) is 16.8. The molecule has 2 fully saturated rings. The third kappa shape index (κ3) is 5.51. The second-order valence-corrected chi connectivity index (χ2v) is 10.1. The molecule has 2 aromatic rings. The van der Waals surface area contributed by atoms with Crippen LogP contribution in [0.3, 0.4) is 0 Å². The van der Waals surface area contributed by atoms with Gasteiger partial charge in [0.1, 0.15) is 0 Å². The Morgan fingerprint density at radius 1 is 0.935 bits per heavy atom. The molecular formula is C23H27N3O4S. The third-order valence-electron chi connectivity index (χ3n) is 5.63. The number of carbonyl (C=O) groups is 2. The number of amides is 2. The Bertz CT molecular complexity index is 1060. The van der Waals surface area contributed by atoms with Gasteiger partial charge in [-0.3, -0.25) is 9.59 Å². The number of nitrogens with one attached hydrogen (secondary N) is 2. The van der Waals surface area contributed by atoms with Crippen molar-refractivity contribution >= 4 is 33.2 Å². The lowest BCUT2D eigenvalue weighted by atomic mass is 10.1. The highest BCUT2D eigenvalue weighted by molar-refractivity contribution is 7.89. The lowest BCUT2D eigenvalue weighted by Crippen LogP contribution is -2.27. The molecule has 2 aromatic carbocycles. The zero-order valence-corrected chi connectivity index (χ0v) is 18.2. The number of sulfonamides is 1. The summed E-state index contributed by atoms with van der Waals surface area (Å²) in [5.41, 5.74) is 2.20. The number of nitrogens with zero attached hydrogens (tertiary/aromatic N) is 1. The molecule has 2 N–H and O–H groups in total. The lowest BCUT2D eigenvalue weighted by Gasteiger charge is -2.15. The van der Waals surface area contributed by atoms with E-state index in [2.05, 4.69) is 10.6 Å². The van der Waals surface area contributed by atoms with E-state index in [-0.39, 0.29) is 24.2 Å². The van der Waals surface area contributed by atoms with Crippen molar-refractivity contribution in [3.05, 3.63) is 54.1 Å². The van der Waals surface area contributed by atoms with Crippen molar-refractivity contribution in [3.63, 3.8) is 0 Å². The Morgan fingerprint density at radius 3 is 2.23 bits per heavy atom. The van der Waals surface area contributed by atoms with E-state index in [4.69, 9.17) is 0 Å². The van der Waals surface area contributed by atoms with E-state index in [1.807, 2.05) is 0 Å². The van der Waals surface area contributed by atoms with Crippen LogP contribution in [0, 0.1) is 5.92 Å². The fourth-order valence-electron chi connectivity index (χ4n) is 3.65. The smallest absolute Gasteiger partial charge is 0.243 e. The number of aryl methyl sites for hydroxylation is 1. The first-order valence-electron chi connectivity index (χ1n) is 10.7. The Balaban J connectivity index is 1.29.